The van der Waals surface area contributed by atoms with Crippen LogP contribution in [0.5, 0.6) is 0 Å². The quantitative estimate of drug-likeness (QED) is 0.253. The average Bonchev–Trinajstić information content (AvgIpc) is 2.55. The number of carbonyl (C=O) groups excluding carboxylic acids is 1. The Labute approximate surface area is 147 Å². The zero-order valence-corrected chi connectivity index (χ0v) is 15.5. The van der Waals surface area contributed by atoms with Crippen molar-refractivity contribution >= 4 is 24.9 Å². The summed E-state index contributed by atoms with van der Waals surface area (Å²) in [5.41, 5.74) is 0.118. The first-order valence-electron chi connectivity index (χ1n) is 8.32. The van der Waals surface area contributed by atoms with Gasteiger partial charge in [0.1, 0.15) is 6.16 Å². The molecule has 25 heavy (non-hydrogen) atoms. The number of carbonyl (C=O) groups is 1. The molecule has 0 radical (unpaired) electrons. The second kappa shape index (κ2) is 11.0. The van der Waals surface area contributed by atoms with Gasteiger partial charge in [0.15, 0.2) is 0 Å². The monoisotopic (exact) mass is 372 g/mol. The molecule has 1 rings (SSSR count). The van der Waals surface area contributed by atoms with Gasteiger partial charge >= 0.3 is 7.60 Å². The summed E-state index contributed by atoms with van der Waals surface area (Å²) in [7, 11) is -3.55. The Morgan fingerprint density at radius 1 is 1.20 bits per heavy atom. The summed E-state index contributed by atoms with van der Waals surface area (Å²) >= 11 is 0. The van der Waals surface area contributed by atoms with Crippen molar-refractivity contribution in [3.63, 3.8) is 0 Å². The molecule has 0 bridgehead atoms. The SMILES string of the molecule is CCCCOP(=O)(CC(=O)Nc1cccc([N+](=O)[O-])c1)OCCCC. The predicted molar refractivity (Wildman–Crippen MR) is 95.9 cm³/mol. The van der Waals surface area contributed by atoms with Gasteiger partial charge in [-0.05, 0) is 18.9 Å². The summed E-state index contributed by atoms with van der Waals surface area (Å²) in [6.07, 6.45) is 2.74. The van der Waals surface area contributed by atoms with Crippen LogP contribution in [0, 0.1) is 10.1 Å². The summed E-state index contributed by atoms with van der Waals surface area (Å²) < 4.78 is 23.4. The molecule has 1 aromatic carbocycles. The number of amides is 1. The molecule has 8 nitrogen and oxygen atoms in total. The van der Waals surface area contributed by atoms with E-state index in [0.29, 0.717) is 12.8 Å². The lowest BCUT2D eigenvalue weighted by atomic mass is 10.3. The lowest BCUT2D eigenvalue weighted by Gasteiger charge is -2.18. The first-order chi connectivity index (χ1) is 11.9. The van der Waals surface area contributed by atoms with Gasteiger partial charge in [-0.15, -0.1) is 0 Å². The number of nitro groups is 1. The molecule has 0 unspecified atom stereocenters. The summed E-state index contributed by atoms with van der Waals surface area (Å²) in [5, 5.41) is 13.3. The molecule has 0 saturated carbocycles. The van der Waals surface area contributed by atoms with Crippen LogP contribution in [0.4, 0.5) is 11.4 Å². The molecule has 0 aliphatic heterocycles. The van der Waals surface area contributed by atoms with Crippen LogP contribution in [0.2, 0.25) is 0 Å². The molecule has 0 aromatic heterocycles. The molecule has 1 amide bonds. The second-order valence-electron chi connectivity index (χ2n) is 5.50. The molecule has 0 heterocycles. The summed E-state index contributed by atoms with van der Waals surface area (Å²) in [4.78, 5) is 22.4. The van der Waals surface area contributed by atoms with Crippen molar-refractivity contribution in [1.29, 1.82) is 0 Å². The van der Waals surface area contributed by atoms with E-state index in [4.69, 9.17) is 9.05 Å². The molecule has 140 valence electrons. The molecular weight excluding hydrogens is 347 g/mol. The second-order valence-corrected chi connectivity index (χ2v) is 7.55. The van der Waals surface area contributed by atoms with E-state index in [1.54, 1.807) is 0 Å². The number of benzene rings is 1. The number of anilines is 1. The van der Waals surface area contributed by atoms with Crippen LogP contribution in [0.25, 0.3) is 0 Å². The lowest BCUT2D eigenvalue weighted by Crippen LogP contribution is -2.18. The lowest BCUT2D eigenvalue weighted by molar-refractivity contribution is -0.384. The number of hydrogen-bond donors (Lipinski definition) is 1. The number of nitro benzene ring substituents is 1. The van der Waals surface area contributed by atoms with E-state index in [0.717, 1.165) is 12.8 Å². The van der Waals surface area contributed by atoms with Crippen LogP contribution >= 0.6 is 7.60 Å². The van der Waals surface area contributed by atoms with Gasteiger partial charge < -0.3 is 14.4 Å². The zero-order valence-electron chi connectivity index (χ0n) is 14.6. The van der Waals surface area contributed by atoms with Gasteiger partial charge in [0.25, 0.3) is 5.69 Å². The third-order valence-corrected chi connectivity index (χ3v) is 5.08. The van der Waals surface area contributed by atoms with Crippen molar-refractivity contribution in [2.45, 2.75) is 39.5 Å². The third kappa shape index (κ3) is 8.25. The summed E-state index contributed by atoms with van der Waals surface area (Å²) in [5.74, 6) is -0.572. The van der Waals surface area contributed by atoms with E-state index < -0.39 is 24.6 Å². The number of hydrogen-bond acceptors (Lipinski definition) is 6. The van der Waals surface area contributed by atoms with Crippen molar-refractivity contribution in [2.75, 3.05) is 24.7 Å². The van der Waals surface area contributed by atoms with Crippen molar-refractivity contribution < 1.29 is 23.3 Å². The zero-order chi connectivity index (χ0) is 18.7. The highest BCUT2D eigenvalue weighted by molar-refractivity contribution is 7.54. The van der Waals surface area contributed by atoms with Gasteiger partial charge in [0.05, 0.1) is 18.1 Å². The van der Waals surface area contributed by atoms with Crippen LogP contribution in [0.1, 0.15) is 39.5 Å². The van der Waals surface area contributed by atoms with Crippen LogP contribution in [0.3, 0.4) is 0 Å². The minimum Gasteiger partial charge on any atom is -0.325 e. The van der Waals surface area contributed by atoms with Crippen LogP contribution < -0.4 is 5.32 Å². The molecule has 0 fully saturated rings. The number of rotatable bonds is 12. The number of nitrogens with one attached hydrogen (secondary N) is 1. The highest BCUT2D eigenvalue weighted by atomic mass is 31.2. The smallest absolute Gasteiger partial charge is 0.325 e. The van der Waals surface area contributed by atoms with Crippen LogP contribution in [0.15, 0.2) is 24.3 Å². The standard InChI is InChI=1S/C16H25N2O6P/c1-3-5-10-23-25(22,24-11-6-4-2)13-16(19)17-14-8-7-9-15(12-14)18(20)21/h7-9,12H,3-6,10-11,13H2,1-2H3,(H,17,19). The molecule has 0 saturated heterocycles. The predicted octanol–water partition coefficient (Wildman–Crippen LogP) is 4.36. The molecule has 1 aromatic rings. The maximum Gasteiger partial charge on any atom is 0.340 e. The first-order valence-corrected chi connectivity index (χ1v) is 10.1. The Hall–Kier alpha value is -1.76. The fraction of sp³-hybridized carbons (Fsp3) is 0.562. The van der Waals surface area contributed by atoms with Gasteiger partial charge in [0, 0.05) is 17.8 Å². The van der Waals surface area contributed by atoms with E-state index in [1.165, 1.54) is 24.3 Å². The fourth-order valence-electron chi connectivity index (χ4n) is 1.90. The third-order valence-electron chi connectivity index (χ3n) is 3.25. The number of non-ortho nitro benzene ring substituents is 1. The van der Waals surface area contributed by atoms with Gasteiger partial charge in [-0.2, -0.15) is 0 Å². The first kappa shape index (κ1) is 21.3. The maximum absolute atomic E-state index is 12.7. The molecule has 9 heteroatoms. The Bertz CT molecular complexity index is 608. The van der Waals surface area contributed by atoms with Gasteiger partial charge in [-0.25, -0.2) is 0 Å². The van der Waals surface area contributed by atoms with Crippen molar-refractivity contribution in [1.82, 2.24) is 0 Å². The van der Waals surface area contributed by atoms with Crippen molar-refractivity contribution in [3.05, 3.63) is 34.4 Å². The molecule has 0 atom stereocenters. The van der Waals surface area contributed by atoms with E-state index in [9.17, 15) is 19.5 Å². The average molecular weight is 372 g/mol. The Balaban J connectivity index is 2.71. The maximum atomic E-state index is 12.7. The van der Waals surface area contributed by atoms with Gasteiger partial charge in [-0.1, -0.05) is 32.8 Å². The normalized spacial score (nSPS) is 11.3. The fourth-order valence-corrected chi connectivity index (χ4v) is 3.40. The van der Waals surface area contributed by atoms with Crippen LogP contribution in [-0.4, -0.2) is 30.2 Å². The van der Waals surface area contributed by atoms with E-state index in [1.807, 2.05) is 13.8 Å². The minimum absolute atomic E-state index is 0.139. The van der Waals surface area contributed by atoms with Crippen molar-refractivity contribution in [3.8, 4) is 0 Å². The van der Waals surface area contributed by atoms with Crippen LogP contribution in [-0.2, 0) is 18.4 Å². The molecular formula is C16H25N2O6P. The molecule has 1 N–H and O–H groups in total. The summed E-state index contributed by atoms with van der Waals surface area (Å²) in [6.45, 7) is 4.45. The van der Waals surface area contributed by atoms with E-state index in [2.05, 4.69) is 5.32 Å². The van der Waals surface area contributed by atoms with Gasteiger partial charge in [0.2, 0.25) is 5.91 Å². The highest BCUT2D eigenvalue weighted by Crippen LogP contribution is 2.48. The molecule has 0 aliphatic carbocycles. The van der Waals surface area contributed by atoms with Crippen molar-refractivity contribution in [2.24, 2.45) is 0 Å². The highest BCUT2D eigenvalue weighted by Gasteiger charge is 2.28. The Kier molecular flexibility index (Phi) is 9.34. The largest absolute Gasteiger partial charge is 0.340 e. The molecule has 0 spiro atoms. The minimum atomic E-state index is -3.55. The molecule has 0 aliphatic rings. The van der Waals surface area contributed by atoms with E-state index in [-0.39, 0.29) is 24.6 Å². The Morgan fingerprint density at radius 2 is 1.80 bits per heavy atom. The van der Waals surface area contributed by atoms with E-state index >= 15 is 0 Å². The number of nitrogens with zero attached hydrogens (tertiary/aromatic N) is 1. The Morgan fingerprint density at radius 3 is 2.32 bits per heavy atom. The summed E-state index contributed by atoms with van der Waals surface area (Å²) in [6, 6.07) is 5.54. The topological polar surface area (TPSA) is 108 Å². The van der Waals surface area contributed by atoms with Gasteiger partial charge in [-0.3, -0.25) is 19.5 Å². The number of unbranched alkanes of at least 4 members (excludes halogenated alkanes) is 2.